The molecule has 0 aliphatic carbocycles. The second-order valence-corrected chi connectivity index (χ2v) is 3.90. The van der Waals surface area contributed by atoms with E-state index >= 15 is 0 Å². The maximum absolute atomic E-state index is 10.6. The monoisotopic (exact) mass is 210 g/mol. The summed E-state index contributed by atoms with van der Waals surface area (Å²) >= 11 is 0. The Labute approximate surface area is 87.8 Å². The molecule has 3 N–H and O–H groups in total. The molecule has 0 radical (unpaired) electrons. The molecule has 1 aromatic rings. The minimum absolute atomic E-state index is 0.170. The molecule has 1 heterocycles. The van der Waals surface area contributed by atoms with Crippen LogP contribution in [0.5, 0.6) is 0 Å². The Hall–Kier alpha value is -1.62. The van der Waals surface area contributed by atoms with Gasteiger partial charge in [-0.3, -0.25) is 0 Å². The van der Waals surface area contributed by atoms with Gasteiger partial charge in [-0.05, 0) is 26.0 Å². The van der Waals surface area contributed by atoms with Crippen molar-refractivity contribution in [2.75, 3.05) is 11.9 Å². The lowest BCUT2D eigenvalue weighted by molar-refractivity contribution is 0.0696. The quantitative estimate of drug-likeness (QED) is 0.689. The van der Waals surface area contributed by atoms with Crippen LogP contribution in [-0.2, 0) is 0 Å². The molecule has 1 rings (SSSR count). The highest BCUT2D eigenvalue weighted by atomic mass is 16.4. The Balaban J connectivity index is 2.70. The number of aromatic nitrogens is 1. The van der Waals surface area contributed by atoms with E-state index in [1.807, 2.05) is 0 Å². The first-order chi connectivity index (χ1) is 6.88. The van der Waals surface area contributed by atoms with Crippen molar-refractivity contribution in [3.05, 3.63) is 23.9 Å². The van der Waals surface area contributed by atoms with Gasteiger partial charge in [0.2, 0.25) is 0 Å². The molecule has 5 heteroatoms. The number of carboxylic acid groups (broad SMARTS) is 1. The molecule has 5 nitrogen and oxygen atoms in total. The number of anilines is 1. The number of nitrogens with zero attached hydrogens (tertiary/aromatic N) is 1. The van der Waals surface area contributed by atoms with Gasteiger partial charge in [0.15, 0.2) is 0 Å². The fraction of sp³-hybridized carbons (Fsp3) is 0.400. The van der Waals surface area contributed by atoms with Crippen LogP contribution in [0.15, 0.2) is 18.3 Å². The Morgan fingerprint density at radius 3 is 2.80 bits per heavy atom. The molecular weight excluding hydrogens is 196 g/mol. The number of rotatable bonds is 4. The van der Waals surface area contributed by atoms with E-state index in [9.17, 15) is 9.90 Å². The van der Waals surface area contributed by atoms with Crippen molar-refractivity contribution in [3.63, 3.8) is 0 Å². The van der Waals surface area contributed by atoms with Gasteiger partial charge in [-0.1, -0.05) is 0 Å². The molecule has 0 aromatic carbocycles. The van der Waals surface area contributed by atoms with Gasteiger partial charge < -0.3 is 15.5 Å². The SMILES string of the molecule is CC(C)(O)CNc1cc(C(=O)O)ccn1. The number of hydrogen-bond donors (Lipinski definition) is 3. The molecule has 82 valence electrons. The molecule has 0 saturated carbocycles. The van der Waals surface area contributed by atoms with E-state index in [0.717, 1.165) is 0 Å². The number of carboxylic acids is 1. The van der Waals surface area contributed by atoms with Crippen LogP contribution in [0, 0.1) is 0 Å². The van der Waals surface area contributed by atoms with Crippen molar-refractivity contribution in [1.82, 2.24) is 4.98 Å². The molecule has 0 atom stereocenters. The summed E-state index contributed by atoms with van der Waals surface area (Å²) in [6.45, 7) is 3.62. The molecule has 15 heavy (non-hydrogen) atoms. The van der Waals surface area contributed by atoms with Crippen LogP contribution in [0.2, 0.25) is 0 Å². The smallest absolute Gasteiger partial charge is 0.335 e. The Bertz CT molecular complexity index is 358. The first-order valence-electron chi connectivity index (χ1n) is 4.54. The topological polar surface area (TPSA) is 82.5 Å². The van der Waals surface area contributed by atoms with E-state index in [1.165, 1.54) is 18.3 Å². The molecule has 0 fully saturated rings. The second kappa shape index (κ2) is 4.27. The maximum atomic E-state index is 10.6. The number of hydrogen-bond acceptors (Lipinski definition) is 4. The highest BCUT2D eigenvalue weighted by Gasteiger charge is 2.12. The van der Waals surface area contributed by atoms with Crippen molar-refractivity contribution in [3.8, 4) is 0 Å². The summed E-state index contributed by atoms with van der Waals surface area (Å²) in [6.07, 6.45) is 1.41. The van der Waals surface area contributed by atoms with E-state index in [4.69, 9.17) is 5.11 Å². The summed E-state index contributed by atoms with van der Waals surface area (Å²) in [6, 6.07) is 2.84. The van der Waals surface area contributed by atoms with Gasteiger partial charge >= 0.3 is 5.97 Å². The predicted molar refractivity (Wildman–Crippen MR) is 56.0 cm³/mol. The van der Waals surface area contributed by atoms with Crippen LogP contribution in [0.1, 0.15) is 24.2 Å². The third-order valence-electron chi connectivity index (χ3n) is 1.71. The third kappa shape index (κ3) is 3.95. The Morgan fingerprint density at radius 2 is 2.27 bits per heavy atom. The van der Waals surface area contributed by atoms with Gasteiger partial charge in [0.25, 0.3) is 0 Å². The van der Waals surface area contributed by atoms with Crippen LogP contribution in [0.3, 0.4) is 0 Å². The summed E-state index contributed by atoms with van der Waals surface area (Å²) in [4.78, 5) is 14.6. The van der Waals surface area contributed by atoms with Crippen molar-refractivity contribution in [2.24, 2.45) is 0 Å². The van der Waals surface area contributed by atoms with Gasteiger partial charge in [0.1, 0.15) is 5.82 Å². The number of aromatic carboxylic acids is 1. The largest absolute Gasteiger partial charge is 0.478 e. The van der Waals surface area contributed by atoms with E-state index in [2.05, 4.69) is 10.3 Å². The molecule has 0 amide bonds. The molecular formula is C10H14N2O3. The van der Waals surface area contributed by atoms with Crippen molar-refractivity contribution >= 4 is 11.8 Å². The average Bonchev–Trinajstić information content (AvgIpc) is 2.14. The summed E-state index contributed by atoms with van der Waals surface area (Å²) in [7, 11) is 0. The minimum Gasteiger partial charge on any atom is -0.478 e. The van der Waals surface area contributed by atoms with Crippen LogP contribution in [0.4, 0.5) is 5.82 Å². The zero-order valence-corrected chi connectivity index (χ0v) is 8.69. The highest BCUT2D eigenvalue weighted by Crippen LogP contribution is 2.08. The maximum Gasteiger partial charge on any atom is 0.335 e. The average molecular weight is 210 g/mol. The predicted octanol–water partition coefficient (Wildman–Crippen LogP) is 0.963. The number of pyridine rings is 1. The van der Waals surface area contributed by atoms with Gasteiger partial charge in [-0.2, -0.15) is 0 Å². The standard InChI is InChI=1S/C10H14N2O3/c1-10(2,15)6-12-8-5-7(9(13)14)3-4-11-8/h3-5,15H,6H2,1-2H3,(H,11,12)(H,13,14). The van der Waals surface area contributed by atoms with Crippen LogP contribution < -0.4 is 5.32 Å². The fourth-order valence-corrected chi connectivity index (χ4v) is 0.967. The van der Waals surface area contributed by atoms with E-state index in [-0.39, 0.29) is 5.56 Å². The molecule has 0 spiro atoms. The molecule has 0 unspecified atom stereocenters. The van der Waals surface area contributed by atoms with Gasteiger partial charge in [0, 0.05) is 12.7 Å². The van der Waals surface area contributed by atoms with Gasteiger partial charge in [0.05, 0.1) is 11.2 Å². The van der Waals surface area contributed by atoms with E-state index in [0.29, 0.717) is 12.4 Å². The van der Waals surface area contributed by atoms with Crippen LogP contribution in [-0.4, -0.2) is 33.3 Å². The molecule has 0 aliphatic rings. The first kappa shape index (κ1) is 11.5. The second-order valence-electron chi connectivity index (χ2n) is 3.90. The summed E-state index contributed by atoms with van der Waals surface area (Å²) in [5.74, 6) is -0.555. The van der Waals surface area contributed by atoms with Crippen LogP contribution >= 0.6 is 0 Å². The molecule has 0 bridgehead atoms. The van der Waals surface area contributed by atoms with Crippen molar-refractivity contribution < 1.29 is 15.0 Å². The van der Waals surface area contributed by atoms with Crippen molar-refractivity contribution in [2.45, 2.75) is 19.4 Å². The van der Waals surface area contributed by atoms with E-state index < -0.39 is 11.6 Å². The normalized spacial score (nSPS) is 11.1. The summed E-state index contributed by atoms with van der Waals surface area (Å²) in [5, 5.41) is 21.0. The summed E-state index contributed by atoms with van der Waals surface area (Å²) < 4.78 is 0. The molecule has 0 aliphatic heterocycles. The third-order valence-corrected chi connectivity index (χ3v) is 1.71. The fourth-order valence-electron chi connectivity index (χ4n) is 0.967. The Morgan fingerprint density at radius 1 is 1.60 bits per heavy atom. The number of aliphatic hydroxyl groups is 1. The zero-order chi connectivity index (χ0) is 11.5. The number of nitrogens with one attached hydrogen (secondary N) is 1. The van der Waals surface area contributed by atoms with Crippen LogP contribution in [0.25, 0.3) is 0 Å². The minimum atomic E-state index is -0.997. The highest BCUT2D eigenvalue weighted by molar-refractivity contribution is 5.88. The first-order valence-corrected chi connectivity index (χ1v) is 4.54. The molecule has 1 aromatic heterocycles. The Kier molecular flexibility index (Phi) is 3.26. The van der Waals surface area contributed by atoms with Gasteiger partial charge in [-0.15, -0.1) is 0 Å². The lowest BCUT2D eigenvalue weighted by Gasteiger charge is -2.17. The lowest BCUT2D eigenvalue weighted by atomic mass is 10.1. The lowest BCUT2D eigenvalue weighted by Crippen LogP contribution is -2.29. The summed E-state index contributed by atoms with van der Waals surface area (Å²) in [5.41, 5.74) is -0.691. The van der Waals surface area contributed by atoms with E-state index in [1.54, 1.807) is 13.8 Å². The van der Waals surface area contributed by atoms with Gasteiger partial charge in [-0.25, -0.2) is 9.78 Å². The zero-order valence-electron chi connectivity index (χ0n) is 8.69. The van der Waals surface area contributed by atoms with Crippen molar-refractivity contribution in [1.29, 1.82) is 0 Å². The number of carbonyl (C=O) groups is 1. The molecule has 0 saturated heterocycles.